The van der Waals surface area contributed by atoms with E-state index in [-0.39, 0.29) is 5.91 Å². The van der Waals surface area contributed by atoms with Gasteiger partial charge in [0.2, 0.25) is 5.91 Å². The van der Waals surface area contributed by atoms with Gasteiger partial charge in [-0.25, -0.2) is 0 Å². The van der Waals surface area contributed by atoms with Crippen LogP contribution in [0.25, 0.3) is 0 Å². The maximum atomic E-state index is 12.0. The smallest absolute Gasteiger partial charge is 0.240 e. The van der Waals surface area contributed by atoms with Crippen LogP contribution in [0.4, 0.5) is 0 Å². The van der Waals surface area contributed by atoms with Gasteiger partial charge in [-0.1, -0.05) is 44.2 Å². The molecule has 1 aromatic rings. The van der Waals surface area contributed by atoms with Gasteiger partial charge in [0.1, 0.15) is 0 Å². The Kier molecular flexibility index (Phi) is 7.40. The third kappa shape index (κ3) is 5.86. The fourth-order valence-electron chi connectivity index (χ4n) is 2.27. The molecule has 0 aliphatic carbocycles. The lowest BCUT2D eigenvalue weighted by Crippen LogP contribution is -2.53. The summed E-state index contributed by atoms with van der Waals surface area (Å²) in [6.07, 6.45) is 2.27. The largest absolute Gasteiger partial charge is 0.354 e. The molecule has 0 unspecified atom stereocenters. The van der Waals surface area contributed by atoms with Gasteiger partial charge >= 0.3 is 0 Å². The molecule has 118 valence electrons. The molecule has 0 saturated carbocycles. The molecule has 0 atom stereocenters. The standard InChI is InChI=1S/C17H29N3O/c1-4-17(18,5-2)16(21)19-12-9-13-20(3)14-15-10-7-6-8-11-15/h6-8,10-11H,4-5,9,12-14,18H2,1-3H3,(H,19,21). The summed E-state index contributed by atoms with van der Waals surface area (Å²) >= 11 is 0. The van der Waals surface area contributed by atoms with E-state index in [2.05, 4.69) is 41.5 Å². The third-order valence-corrected chi connectivity index (χ3v) is 4.01. The minimum Gasteiger partial charge on any atom is -0.354 e. The molecule has 0 heterocycles. The molecule has 0 fully saturated rings. The Balaban J connectivity index is 2.23. The van der Waals surface area contributed by atoms with Gasteiger partial charge in [-0.05, 0) is 38.4 Å². The van der Waals surface area contributed by atoms with Gasteiger partial charge in [-0.3, -0.25) is 4.79 Å². The van der Waals surface area contributed by atoms with Crippen molar-refractivity contribution in [3.05, 3.63) is 35.9 Å². The molecule has 0 aliphatic rings. The second-order valence-corrected chi connectivity index (χ2v) is 5.70. The van der Waals surface area contributed by atoms with Crippen molar-refractivity contribution in [3.63, 3.8) is 0 Å². The first-order chi connectivity index (χ1) is 10.0. The van der Waals surface area contributed by atoms with Gasteiger partial charge in [0.15, 0.2) is 0 Å². The first kappa shape index (κ1) is 17.7. The summed E-state index contributed by atoms with van der Waals surface area (Å²) in [6.45, 7) is 6.47. The van der Waals surface area contributed by atoms with Gasteiger partial charge in [0.05, 0.1) is 5.54 Å². The zero-order valence-electron chi connectivity index (χ0n) is 13.6. The second kappa shape index (κ2) is 8.80. The number of hydrogen-bond acceptors (Lipinski definition) is 3. The Bertz CT molecular complexity index is 415. The van der Waals surface area contributed by atoms with Gasteiger partial charge in [0, 0.05) is 13.1 Å². The lowest BCUT2D eigenvalue weighted by molar-refractivity contribution is -0.126. The first-order valence-electron chi connectivity index (χ1n) is 7.81. The van der Waals surface area contributed by atoms with Crippen molar-refractivity contribution < 1.29 is 4.79 Å². The first-order valence-corrected chi connectivity index (χ1v) is 7.81. The number of nitrogens with one attached hydrogen (secondary N) is 1. The molecule has 0 aromatic heterocycles. The molecule has 4 heteroatoms. The summed E-state index contributed by atoms with van der Waals surface area (Å²) in [6, 6.07) is 10.4. The maximum absolute atomic E-state index is 12.0. The summed E-state index contributed by atoms with van der Waals surface area (Å²) in [7, 11) is 2.10. The number of carbonyl (C=O) groups excluding carboxylic acids is 1. The Morgan fingerprint density at radius 2 is 1.86 bits per heavy atom. The molecule has 1 amide bonds. The predicted octanol–water partition coefficient (Wildman–Crippen LogP) is 2.14. The van der Waals surface area contributed by atoms with Crippen molar-refractivity contribution in [1.82, 2.24) is 10.2 Å². The second-order valence-electron chi connectivity index (χ2n) is 5.70. The van der Waals surface area contributed by atoms with Crippen molar-refractivity contribution in [2.75, 3.05) is 20.1 Å². The van der Waals surface area contributed by atoms with Gasteiger partial charge < -0.3 is 16.0 Å². The zero-order chi connectivity index (χ0) is 15.7. The molecule has 21 heavy (non-hydrogen) atoms. The van der Waals surface area contributed by atoms with E-state index >= 15 is 0 Å². The summed E-state index contributed by atoms with van der Waals surface area (Å²) < 4.78 is 0. The van der Waals surface area contributed by atoms with Gasteiger partial charge in [0.25, 0.3) is 0 Å². The van der Waals surface area contributed by atoms with Crippen LogP contribution in [0.2, 0.25) is 0 Å². The fraction of sp³-hybridized carbons (Fsp3) is 0.588. The Labute approximate surface area is 128 Å². The molecule has 1 aromatic carbocycles. The van der Waals surface area contributed by atoms with Crippen LogP contribution in [0, 0.1) is 0 Å². The van der Waals surface area contributed by atoms with Gasteiger partial charge in [-0.2, -0.15) is 0 Å². The quantitative estimate of drug-likeness (QED) is 0.685. The summed E-state index contributed by atoms with van der Waals surface area (Å²) in [5.41, 5.74) is 6.66. The molecule has 1 rings (SSSR count). The van der Waals surface area contributed by atoms with E-state index in [0.717, 1.165) is 19.5 Å². The fourth-order valence-corrected chi connectivity index (χ4v) is 2.27. The Morgan fingerprint density at radius 3 is 2.43 bits per heavy atom. The number of amides is 1. The monoisotopic (exact) mass is 291 g/mol. The minimum atomic E-state index is -0.712. The average Bonchev–Trinajstić information content (AvgIpc) is 2.51. The molecule has 4 nitrogen and oxygen atoms in total. The highest BCUT2D eigenvalue weighted by Gasteiger charge is 2.29. The van der Waals surface area contributed by atoms with Crippen LogP contribution >= 0.6 is 0 Å². The lowest BCUT2D eigenvalue weighted by Gasteiger charge is -2.25. The van der Waals surface area contributed by atoms with Crippen LogP contribution in [0.1, 0.15) is 38.7 Å². The predicted molar refractivity (Wildman–Crippen MR) is 87.9 cm³/mol. The lowest BCUT2D eigenvalue weighted by atomic mass is 9.93. The molecule has 0 radical (unpaired) electrons. The molecule has 0 aliphatic heterocycles. The van der Waals surface area contributed by atoms with Crippen LogP contribution in [-0.2, 0) is 11.3 Å². The van der Waals surface area contributed by atoms with E-state index in [1.807, 2.05) is 19.9 Å². The van der Waals surface area contributed by atoms with Crippen LogP contribution in [0.3, 0.4) is 0 Å². The highest BCUT2D eigenvalue weighted by atomic mass is 16.2. The topological polar surface area (TPSA) is 58.4 Å². The Hall–Kier alpha value is -1.39. The van der Waals surface area contributed by atoms with Crippen LogP contribution in [-0.4, -0.2) is 36.5 Å². The van der Waals surface area contributed by atoms with E-state index in [4.69, 9.17) is 5.73 Å². The van der Waals surface area contributed by atoms with E-state index in [1.165, 1.54) is 5.56 Å². The molecule has 0 spiro atoms. The third-order valence-electron chi connectivity index (χ3n) is 4.01. The normalized spacial score (nSPS) is 11.7. The van der Waals surface area contributed by atoms with Crippen molar-refractivity contribution >= 4 is 5.91 Å². The zero-order valence-corrected chi connectivity index (χ0v) is 13.6. The van der Waals surface area contributed by atoms with Crippen molar-refractivity contribution in [3.8, 4) is 0 Å². The van der Waals surface area contributed by atoms with E-state index in [1.54, 1.807) is 0 Å². The Morgan fingerprint density at radius 1 is 1.24 bits per heavy atom. The molecule has 0 saturated heterocycles. The van der Waals surface area contributed by atoms with Crippen molar-refractivity contribution in [1.29, 1.82) is 0 Å². The van der Waals surface area contributed by atoms with Crippen LogP contribution in [0.5, 0.6) is 0 Å². The van der Waals surface area contributed by atoms with Crippen LogP contribution < -0.4 is 11.1 Å². The van der Waals surface area contributed by atoms with Crippen LogP contribution in [0.15, 0.2) is 30.3 Å². The number of benzene rings is 1. The number of hydrogen-bond donors (Lipinski definition) is 2. The number of nitrogens with two attached hydrogens (primary N) is 1. The SMILES string of the molecule is CCC(N)(CC)C(=O)NCCCN(C)Cc1ccccc1. The average molecular weight is 291 g/mol. The molecular formula is C17H29N3O. The highest BCUT2D eigenvalue weighted by molar-refractivity contribution is 5.85. The van der Waals surface area contributed by atoms with Crippen molar-refractivity contribution in [2.24, 2.45) is 5.73 Å². The molecule has 0 bridgehead atoms. The maximum Gasteiger partial charge on any atom is 0.240 e. The highest BCUT2D eigenvalue weighted by Crippen LogP contribution is 2.10. The molecule has 3 N–H and O–H groups in total. The van der Waals surface area contributed by atoms with Crippen molar-refractivity contribution in [2.45, 2.75) is 45.2 Å². The summed E-state index contributed by atoms with van der Waals surface area (Å²) in [4.78, 5) is 14.3. The van der Waals surface area contributed by atoms with E-state index in [9.17, 15) is 4.79 Å². The summed E-state index contributed by atoms with van der Waals surface area (Å²) in [5.74, 6) is -0.0294. The van der Waals surface area contributed by atoms with Gasteiger partial charge in [-0.15, -0.1) is 0 Å². The summed E-state index contributed by atoms with van der Waals surface area (Å²) in [5, 5.41) is 2.95. The van der Waals surface area contributed by atoms with E-state index in [0.29, 0.717) is 19.4 Å². The number of nitrogens with zero attached hydrogens (tertiary/aromatic N) is 1. The minimum absolute atomic E-state index is 0.0294. The van der Waals surface area contributed by atoms with E-state index < -0.39 is 5.54 Å². The number of carbonyl (C=O) groups is 1. The number of rotatable bonds is 9. The molecular weight excluding hydrogens is 262 g/mol.